The van der Waals surface area contributed by atoms with Gasteiger partial charge in [0.25, 0.3) is 5.91 Å². The minimum atomic E-state index is 0.00604. The van der Waals surface area contributed by atoms with Gasteiger partial charge in [0.2, 0.25) is 0 Å². The summed E-state index contributed by atoms with van der Waals surface area (Å²) >= 11 is 3.46. The number of ether oxygens (including phenoxy) is 1. The molecule has 0 bridgehead atoms. The molecule has 0 aliphatic carbocycles. The fourth-order valence-corrected chi connectivity index (χ4v) is 2.40. The Morgan fingerprint density at radius 3 is 2.43 bits per heavy atom. The van der Waals surface area contributed by atoms with Crippen LogP contribution in [0.25, 0.3) is 0 Å². The zero-order chi connectivity index (χ0) is 15.4. The summed E-state index contributed by atoms with van der Waals surface area (Å²) in [6.07, 6.45) is 0. The van der Waals surface area contributed by atoms with Gasteiger partial charge in [0, 0.05) is 23.6 Å². The van der Waals surface area contributed by atoms with Crippen molar-refractivity contribution in [3.05, 3.63) is 63.6 Å². The monoisotopic (exact) mass is 347 g/mol. The Bertz CT molecular complexity index is 638. The maximum atomic E-state index is 12.4. The number of amides is 1. The average Bonchev–Trinajstić information content (AvgIpc) is 2.50. The lowest BCUT2D eigenvalue weighted by molar-refractivity contribution is 0.0785. The van der Waals surface area contributed by atoms with Gasteiger partial charge in [0.05, 0.1) is 7.11 Å². The standard InChI is InChI=1S/C17H18BrNO2/c1-12-4-7-14(10-16(12)18)17(20)19(2)11-13-5-8-15(21-3)9-6-13/h4-10H,11H2,1-3H3. The van der Waals surface area contributed by atoms with Gasteiger partial charge in [-0.15, -0.1) is 0 Å². The normalized spacial score (nSPS) is 10.3. The third kappa shape index (κ3) is 3.85. The summed E-state index contributed by atoms with van der Waals surface area (Å²) < 4.78 is 6.08. The van der Waals surface area contributed by atoms with Crippen molar-refractivity contribution >= 4 is 21.8 Å². The van der Waals surface area contributed by atoms with Crippen LogP contribution in [0.5, 0.6) is 5.75 Å². The molecule has 0 spiro atoms. The predicted octanol–water partition coefficient (Wildman–Crippen LogP) is 4.04. The van der Waals surface area contributed by atoms with Crippen LogP contribution in [-0.4, -0.2) is 25.0 Å². The molecular weight excluding hydrogens is 330 g/mol. The van der Waals surface area contributed by atoms with E-state index in [0.717, 1.165) is 21.3 Å². The largest absolute Gasteiger partial charge is 0.497 e. The number of hydrogen-bond acceptors (Lipinski definition) is 2. The molecule has 2 aromatic carbocycles. The topological polar surface area (TPSA) is 29.5 Å². The van der Waals surface area contributed by atoms with Crippen molar-refractivity contribution in [3.8, 4) is 5.75 Å². The zero-order valence-electron chi connectivity index (χ0n) is 12.4. The van der Waals surface area contributed by atoms with Gasteiger partial charge < -0.3 is 9.64 Å². The van der Waals surface area contributed by atoms with E-state index in [1.165, 1.54) is 0 Å². The highest BCUT2D eigenvalue weighted by Crippen LogP contribution is 2.19. The lowest BCUT2D eigenvalue weighted by Crippen LogP contribution is -2.26. The highest BCUT2D eigenvalue weighted by Gasteiger charge is 2.13. The summed E-state index contributed by atoms with van der Waals surface area (Å²) in [7, 11) is 3.44. The zero-order valence-corrected chi connectivity index (χ0v) is 14.0. The molecule has 0 aliphatic heterocycles. The first kappa shape index (κ1) is 15.6. The van der Waals surface area contributed by atoms with Gasteiger partial charge in [0.15, 0.2) is 0 Å². The minimum Gasteiger partial charge on any atom is -0.497 e. The van der Waals surface area contributed by atoms with E-state index in [0.29, 0.717) is 12.1 Å². The molecule has 0 N–H and O–H groups in total. The molecule has 3 nitrogen and oxygen atoms in total. The van der Waals surface area contributed by atoms with Gasteiger partial charge >= 0.3 is 0 Å². The van der Waals surface area contributed by atoms with Crippen molar-refractivity contribution in [1.29, 1.82) is 0 Å². The van der Waals surface area contributed by atoms with Gasteiger partial charge in [-0.3, -0.25) is 4.79 Å². The van der Waals surface area contributed by atoms with Crippen LogP contribution < -0.4 is 4.74 Å². The highest BCUT2D eigenvalue weighted by atomic mass is 79.9. The van der Waals surface area contributed by atoms with Crippen LogP contribution >= 0.6 is 15.9 Å². The first-order valence-electron chi connectivity index (χ1n) is 6.66. The summed E-state index contributed by atoms with van der Waals surface area (Å²) in [6.45, 7) is 2.56. The summed E-state index contributed by atoms with van der Waals surface area (Å²) in [5, 5.41) is 0. The van der Waals surface area contributed by atoms with Crippen LogP contribution in [0, 0.1) is 6.92 Å². The molecule has 0 fully saturated rings. The lowest BCUT2D eigenvalue weighted by atomic mass is 10.1. The molecule has 0 saturated heterocycles. The quantitative estimate of drug-likeness (QED) is 0.835. The van der Waals surface area contributed by atoms with Gasteiger partial charge in [-0.25, -0.2) is 0 Å². The Balaban J connectivity index is 2.09. The van der Waals surface area contributed by atoms with Crippen LogP contribution in [0.3, 0.4) is 0 Å². The molecule has 0 radical (unpaired) electrons. The van der Waals surface area contributed by atoms with Crippen molar-refractivity contribution in [2.75, 3.05) is 14.2 Å². The molecule has 1 amide bonds. The average molecular weight is 348 g/mol. The number of hydrogen-bond donors (Lipinski definition) is 0. The third-order valence-electron chi connectivity index (χ3n) is 3.34. The predicted molar refractivity (Wildman–Crippen MR) is 87.7 cm³/mol. The molecule has 0 unspecified atom stereocenters. The highest BCUT2D eigenvalue weighted by molar-refractivity contribution is 9.10. The molecule has 4 heteroatoms. The van der Waals surface area contributed by atoms with Crippen LogP contribution in [-0.2, 0) is 6.54 Å². The van der Waals surface area contributed by atoms with Crippen LogP contribution in [0.2, 0.25) is 0 Å². The van der Waals surface area contributed by atoms with Crippen LogP contribution in [0.1, 0.15) is 21.5 Å². The van der Waals surface area contributed by atoms with E-state index in [4.69, 9.17) is 4.74 Å². The number of benzene rings is 2. The van der Waals surface area contributed by atoms with Gasteiger partial charge in [-0.2, -0.15) is 0 Å². The Kier molecular flexibility index (Phi) is 5.02. The van der Waals surface area contributed by atoms with Gasteiger partial charge in [-0.05, 0) is 42.3 Å². The van der Waals surface area contributed by atoms with E-state index < -0.39 is 0 Å². The molecule has 2 rings (SSSR count). The van der Waals surface area contributed by atoms with Crippen LogP contribution in [0.4, 0.5) is 0 Å². The van der Waals surface area contributed by atoms with Gasteiger partial charge in [0.1, 0.15) is 5.75 Å². The summed E-state index contributed by atoms with van der Waals surface area (Å²) in [5.74, 6) is 0.821. The maximum Gasteiger partial charge on any atom is 0.253 e. The molecule has 0 atom stereocenters. The Hall–Kier alpha value is -1.81. The summed E-state index contributed by atoms with van der Waals surface area (Å²) in [4.78, 5) is 14.1. The Morgan fingerprint density at radius 2 is 1.86 bits per heavy atom. The fraction of sp³-hybridized carbons (Fsp3) is 0.235. The number of carbonyl (C=O) groups is 1. The smallest absolute Gasteiger partial charge is 0.253 e. The van der Waals surface area contributed by atoms with E-state index in [-0.39, 0.29) is 5.91 Å². The van der Waals surface area contributed by atoms with Crippen molar-refractivity contribution in [2.45, 2.75) is 13.5 Å². The second-order valence-electron chi connectivity index (χ2n) is 4.97. The van der Waals surface area contributed by atoms with Gasteiger partial charge in [-0.1, -0.05) is 34.1 Å². The fourth-order valence-electron chi connectivity index (χ4n) is 2.02. The number of nitrogens with zero attached hydrogens (tertiary/aromatic N) is 1. The number of methoxy groups -OCH3 is 1. The Labute approximate surface area is 133 Å². The van der Waals surface area contributed by atoms with Crippen molar-refractivity contribution in [2.24, 2.45) is 0 Å². The number of aryl methyl sites for hydroxylation is 1. The molecule has 2 aromatic rings. The molecule has 0 aliphatic rings. The van der Waals surface area contributed by atoms with E-state index in [1.54, 1.807) is 19.1 Å². The molecule has 21 heavy (non-hydrogen) atoms. The SMILES string of the molecule is COc1ccc(CN(C)C(=O)c2ccc(C)c(Br)c2)cc1. The number of carbonyl (C=O) groups excluding carboxylic acids is 1. The van der Waals surface area contributed by atoms with Crippen molar-refractivity contribution in [3.63, 3.8) is 0 Å². The molecular formula is C17H18BrNO2. The first-order valence-corrected chi connectivity index (χ1v) is 7.45. The van der Waals surface area contributed by atoms with Crippen LogP contribution in [0.15, 0.2) is 46.9 Å². The van der Waals surface area contributed by atoms with E-state index in [9.17, 15) is 4.79 Å². The molecule has 0 heterocycles. The third-order valence-corrected chi connectivity index (χ3v) is 4.20. The minimum absolute atomic E-state index is 0.00604. The summed E-state index contributed by atoms with van der Waals surface area (Å²) in [6, 6.07) is 13.4. The van der Waals surface area contributed by atoms with E-state index in [2.05, 4.69) is 15.9 Å². The van der Waals surface area contributed by atoms with Crippen molar-refractivity contribution < 1.29 is 9.53 Å². The maximum absolute atomic E-state index is 12.4. The van der Waals surface area contributed by atoms with E-state index >= 15 is 0 Å². The Morgan fingerprint density at radius 1 is 1.19 bits per heavy atom. The first-order chi connectivity index (χ1) is 10.0. The van der Waals surface area contributed by atoms with Crippen molar-refractivity contribution in [1.82, 2.24) is 4.90 Å². The van der Waals surface area contributed by atoms with E-state index in [1.807, 2.05) is 49.4 Å². The number of rotatable bonds is 4. The summed E-state index contributed by atoms with van der Waals surface area (Å²) in [5.41, 5.74) is 2.87. The number of halogens is 1. The molecule has 0 aromatic heterocycles. The molecule has 0 saturated carbocycles. The lowest BCUT2D eigenvalue weighted by Gasteiger charge is -2.18. The molecule has 110 valence electrons. The second kappa shape index (κ2) is 6.76. The second-order valence-corrected chi connectivity index (χ2v) is 5.83.